The van der Waals surface area contributed by atoms with Crippen LogP contribution in [0.1, 0.15) is 34.1 Å². The summed E-state index contributed by atoms with van der Waals surface area (Å²) in [6, 6.07) is 0. The Morgan fingerprint density at radius 3 is 2.00 bits per heavy atom. The maximum absolute atomic E-state index is 2.42. The van der Waals surface area contributed by atoms with Crippen LogP contribution in [0.5, 0.6) is 0 Å². The molecule has 0 saturated heterocycles. The van der Waals surface area contributed by atoms with Crippen molar-refractivity contribution in [3.63, 3.8) is 0 Å². The average molecular weight is 258 g/mol. The predicted molar refractivity (Wildman–Crippen MR) is 57.9 cm³/mol. The van der Waals surface area contributed by atoms with Crippen molar-refractivity contribution in [2.75, 3.05) is 0 Å². The molecule has 0 radical (unpaired) electrons. The molecule has 1 rings (SSSR count). The molecular weight excluding hydrogens is 235 g/mol. The Morgan fingerprint density at radius 1 is 1.15 bits per heavy atom. The zero-order valence-electron chi connectivity index (χ0n) is 9.48. The summed E-state index contributed by atoms with van der Waals surface area (Å²) < 4.78 is 6.39. The van der Waals surface area contributed by atoms with E-state index >= 15 is 0 Å². The third-order valence-electron chi connectivity index (χ3n) is 3.84. The molecule has 0 spiro atoms. The second-order valence-corrected chi connectivity index (χ2v) is 17.1. The SMILES string of the molecule is C[CH2][Zr]([CH2]C)([CH2]C)[C]1=C(C)C=CC1. The summed E-state index contributed by atoms with van der Waals surface area (Å²) in [7, 11) is 0. The summed E-state index contributed by atoms with van der Waals surface area (Å²) in [5.41, 5.74) is 1.61. The molecule has 74 valence electrons. The van der Waals surface area contributed by atoms with Crippen molar-refractivity contribution < 1.29 is 20.3 Å². The molecule has 0 fully saturated rings. The first-order valence-electron chi connectivity index (χ1n) is 5.57. The van der Waals surface area contributed by atoms with Crippen molar-refractivity contribution in [2.24, 2.45) is 0 Å². The molecule has 1 aliphatic rings. The minimum absolute atomic E-state index is 1.29. The van der Waals surface area contributed by atoms with Crippen molar-refractivity contribution in [3.05, 3.63) is 21.0 Å². The van der Waals surface area contributed by atoms with E-state index in [1.54, 1.807) is 5.57 Å². The fourth-order valence-corrected chi connectivity index (χ4v) is 13.1. The fourth-order valence-electron chi connectivity index (χ4n) is 2.64. The molecule has 0 unspecified atom stereocenters. The van der Waals surface area contributed by atoms with Crippen LogP contribution in [-0.2, 0) is 20.3 Å². The van der Waals surface area contributed by atoms with Gasteiger partial charge in [-0.3, -0.25) is 0 Å². The van der Waals surface area contributed by atoms with Crippen molar-refractivity contribution in [2.45, 2.75) is 46.5 Å². The second-order valence-electron chi connectivity index (χ2n) is 4.11. The van der Waals surface area contributed by atoms with Gasteiger partial charge in [0.1, 0.15) is 0 Å². The van der Waals surface area contributed by atoms with Crippen molar-refractivity contribution in [1.82, 2.24) is 0 Å². The van der Waals surface area contributed by atoms with Crippen molar-refractivity contribution in [1.29, 1.82) is 0 Å². The van der Waals surface area contributed by atoms with Gasteiger partial charge in [-0.05, 0) is 0 Å². The van der Waals surface area contributed by atoms with E-state index in [0.29, 0.717) is 0 Å². The third kappa shape index (κ3) is 2.06. The van der Waals surface area contributed by atoms with Crippen LogP contribution in [0.25, 0.3) is 0 Å². The number of hydrogen-bond acceptors (Lipinski definition) is 0. The van der Waals surface area contributed by atoms with Crippen LogP contribution in [-0.4, -0.2) is 0 Å². The molecule has 1 aliphatic carbocycles. The first-order valence-corrected chi connectivity index (χ1v) is 12.0. The molecule has 0 N–H and O–H groups in total. The van der Waals surface area contributed by atoms with E-state index in [0.717, 1.165) is 0 Å². The number of rotatable bonds is 4. The van der Waals surface area contributed by atoms with Gasteiger partial charge in [0, 0.05) is 0 Å². The molecule has 0 heterocycles. The molecule has 0 atom stereocenters. The molecule has 0 aromatic rings. The van der Waals surface area contributed by atoms with E-state index < -0.39 is 20.3 Å². The molecular formula is C12H22Zr. The number of hydrogen-bond donors (Lipinski definition) is 0. The quantitative estimate of drug-likeness (QED) is 0.685. The van der Waals surface area contributed by atoms with Gasteiger partial charge in [-0.25, -0.2) is 0 Å². The Balaban J connectivity index is 2.95. The summed E-state index contributed by atoms with van der Waals surface area (Å²) in [4.78, 5) is 0. The molecule has 0 aromatic heterocycles. The third-order valence-corrected chi connectivity index (χ3v) is 18.4. The first-order chi connectivity index (χ1) is 6.20. The first kappa shape index (κ1) is 11.4. The molecule has 13 heavy (non-hydrogen) atoms. The molecule has 0 aromatic carbocycles. The van der Waals surface area contributed by atoms with Gasteiger partial charge in [-0.2, -0.15) is 0 Å². The summed E-state index contributed by atoms with van der Waals surface area (Å²) in [5, 5.41) is 0. The van der Waals surface area contributed by atoms with Crippen LogP contribution in [0.15, 0.2) is 21.0 Å². The van der Waals surface area contributed by atoms with Crippen LogP contribution < -0.4 is 0 Å². The summed E-state index contributed by atoms with van der Waals surface area (Å²) in [6.45, 7) is 9.57. The Bertz CT molecular complexity index is 223. The topological polar surface area (TPSA) is 0 Å². The molecule has 0 aliphatic heterocycles. The minimum atomic E-state index is -1.81. The number of allylic oxidation sites excluding steroid dienone is 4. The van der Waals surface area contributed by atoms with Gasteiger partial charge in [0.2, 0.25) is 0 Å². The molecule has 0 nitrogen and oxygen atoms in total. The molecule has 0 saturated carbocycles. The summed E-state index contributed by atoms with van der Waals surface area (Å²) in [6.07, 6.45) is 5.98. The van der Waals surface area contributed by atoms with Gasteiger partial charge >= 0.3 is 87.8 Å². The summed E-state index contributed by atoms with van der Waals surface area (Å²) >= 11 is -1.81. The van der Waals surface area contributed by atoms with Crippen molar-refractivity contribution in [3.8, 4) is 0 Å². The van der Waals surface area contributed by atoms with Gasteiger partial charge in [0.15, 0.2) is 0 Å². The van der Waals surface area contributed by atoms with Gasteiger partial charge < -0.3 is 0 Å². The molecule has 0 amide bonds. The van der Waals surface area contributed by atoms with Crippen LogP contribution in [0.4, 0.5) is 0 Å². The van der Waals surface area contributed by atoms with Crippen LogP contribution >= 0.6 is 0 Å². The monoisotopic (exact) mass is 256 g/mol. The zero-order chi connectivity index (χ0) is 9.90. The van der Waals surface area contributed by atoms with Gasteiger partial charge in [-0.15, -0.1) is 0 Å². The summed E-state index contributed by atoms with van der Waals surface area (Å²) in [5.74, 6) is 0. The normalized spacial score (nSPS) is 17.2. The zero-order valence-corrected chi connectivity index (χ0v) is 11.9. The van der Waals surface area contributed by atoms with Crippen molar-refractivity contribution >= 4 is 0 Å². The van der Waals surface area contributed by atoms with E-state index in [2.05, 4.69) is 39.8 Å². The Labute approximate surface area is 87.5 Å². The predicted octanol–water partition coefficient (Wildman–Crippen LogP) is 4.69. The van der Waals surface area contributed by atoms with E-state index in [-0.39, 0.29) is 0 Å². The van der Waals surface area contributed by atoms with Gasteiger partial charge in [0.25, 0.3) is 0 Å². The average Bonchev–Trinajstić information content (AvgIpc) is 2.57. The Morgan fingerprint density at radius 2 is 1.69 bits per heavy atom. The van der Waals surface area contributed by atoms with E-state index in [4.69, 9.17) is 0 Å². The van der Waals surface area contributed by atoms with E-state index in [9.17, 15) is 0 Å². The Kier molecular flexibility index (Phi) is 4.17. The van der Waals surface area contributed by atoms with E-state index in [1.807, 2.05) is 3.28 Å². The second kappa shape index (κ2) is 4.73. The van der Waals surface area contributed by atoms with E-state index in [1.165, 1.54) is 18.8 Å². The van der Waals surface area contributed by atoms with Crippen LogP contribution in [0, 0.1) is 0 Å². The van der Waals surface area contributed by atoms with Crippen LogP contribution in [0.3, 0.4) is 0 Å². The van der Waals surface area contributed by atoms with Crippen LogP contribution in [0.2, 0.25) is 12.4 Å². The fraction of sp³-hybridized carbons (Fsp3) is 0.667. The molecule has 0 bridgehead atoms. The van der Waals surface area contributed by atoms with Gasteiger partial charge in [-0.1, -0.05) is 0 Å². The standard InChI is InChI=1S/C6H7.3C2H5.Zr/c1-6-4-2-3-5-6;3*1-2;/h2,4H,3H2,1H3;3*1H2,2H3;. The maximum atomic E-state index is 2.42. The Hall–Kier alpha value is 0.363. The molecule has 1 heteroatoms. The van der Waals surface area contributed by atoms with Gasteiger partial charge in [0.05, 0.1) is 0 Å².